The number of hydrogen-bond donors (Lipinski definition) is 4. The molecule has 11 nitrogen and oxygen atoms in total. The van der Waals surface area contributed by atoms with Crippen LogP contribution in [0.1, 0.15) is 206 Å². The number of ether oxygens (including phenoxy) is 1. The number of aliphatic hydroxyl groups is 1. The number of unbranched alkanes of at least 4 members (excludes halogenated alkanes) is 23. The quantitative estimate of drug-likeness (QED) is 0.0201. The van der Waals surface area contributed by atoms with Crippen LogP contribution < -0.4 is 5.32 Å². The summed E-state index contributed by atoms with van der Waals surface area (Å²) in [5, 5.41) is 21.8. The van der Waals surface area contributed by atoms with Gasteiger partial charge in [-0.2, -0.15) is 0 Å². The lowest BCUT2D eigenvalue weighted by Crippen LogP contribution is -2.43. The molecule has 4 N–H and O–H groups in total. The monoisotopic (exact) mass is 842 g/mol. The molecule has 0 aromatic rings. The van der Waals surface area contributed by atoms with Gasteiger partial charge in [0, 0.05) is 12.8 Å². The Morgan fingerprint density at radius 2 is 0.966 bits per heavy atom. The summed E-state index contributed by atoms with van der Waals surface area (Å²) in [5.74, 6) is -2.38. The molecule has 12 heteroatoms. The van der Waals surface area contributed by atoms with Gasteiger partial charge in [-0.15, -0.1) is 0 Å². The number of amides is 1. The molecule has 0 aliphatic heterocycles. The second-order valence-electron chi connectivity index (χ2n) is 15.6. The summed E-state index contributed by atoms with van der Waals surface area (Å²) in [6.07, 6.45) is 44.7. The number of carboxylic acid groups (broad SMARTS) is 1. The van der Waals surface area contributed by atoms with E-state index in [4.69, 9.17) is 13.8 Å². The third-order valence-corrected chi connectivity index (χ3v) is 10.9. The minimum Gasteiger partial charge on any atom is -0.480 e. The third kappa shape index (κ3) is 40.5. The number of esters is 1. The summed E-state index contributed by atoms with van der Waals surface area (Å²) in [4.78, 5) is 45.8. The van der Waals surface area contributed by atoms with E-state index in [1.165, 1.54) is 103 Å². The van der Waals surface area contributed by atoms with Crippen LogP contribution >= 0.6 is 7.82 Å². The predicted octanol–water partition coefficient (Wildman–Crippen LogP) is 12.0. The van der Waals surface area contributed by atoms with E-state index in [1.807, 2.05) is 0 Å². The molecule has 0 aromatic carbocycles. The highest BCUT2D eigenvalue weighted by molar-refractivity contribution is 7.47. The summed E-state index contributed by atoms with van der Waals surface area (Å²) >= 11 is 0. The Morgan fingerprint density at radius 1 is 0.552 bits per heavy atom. The smallest absolute Gasteiger partial charge is 0.472 e. The molecule has 0 spiro atoms. The largest absolute Gasteiger partial charge is 0.480 e. The zero-order chi connectivity index (χ0) is 42.8. The summed E-state index contributed by atoms with van der Waals surface area (Å²) < 4.78 is 26.8. The highest BCUT2D eigenvalue weighted by atomic mass is 31.2. The molecular formula is C46H84NO10P. The van der Waals surface area contributed by atoms with Gasteiger partial charge < -0.3 is 25.2 Å². The number of carboxylic acids is 1. The van der Waals surface area contributed by atoms with Crippen LogP contribution in [0, 0.1) is 0 Å². The van der Waals surface area contributed by atoms with Gasteiger partial charge in [0.2, 0.25) is 5.91 Å². The molecule has 0 aromatic heterocycles. The van der Waals surface area contributed by atoms with Crippen molar-refractivity contribution in [3.63, 3.8) is 0 Å². The lowest BCUT2D eigenvalue weighted by Gasteiger charge is -2.18. The van der Waals surface area contributed by atoms with Gasteiger partial charge >= 0.3 is 19.8 Å². The van der Waals surface area contributed by atoms with Crippen molar-refractivity contribution in [3.8, 4) is 0 Å². The van der Waals surface area contributed by atoms with Crippen LogP contribution in [-0.4, -0.2) is 64.9 Å². The van der Waals surface area contributed by atoms with Gasteiger partial charge in [-0.25, -0.2) is 9.36 Å². The highest BCUT2D eigenvalue weighted by Crippen LogP contribution is 2.43. The van der Waals surface area contributed by atoms with Crippen molar-refractivity contribution in [2.24, 2.45) is 0 Å². The van der Waals surface area contributed by atoms with Crippen molar-refractivity contribution in [1.82, 2.24) is 5.32 Å². The molecular weight excluding hydrogens is 757 g/mol. The normalized spacial score (nSPS) is 14.0. The summed E-state index contributed by atoms with van der Waals surface area (Å²) in [6, 6.07) is -1.55. The van der Waals surface area contributed by atoms with Gasteiger partial charge in [-0.05, 0) is 64.2 Å². The first kappa shape index (κ1) is 55.7. The van der Waals surface area contributed by atoms with Crippen molar-refractivity contribution in [1.29, 1.82) is 0 Å². The van der Waals surface area contributed by atoms with E-state index in [-0.39, 0.29) is 12.8 Å². The maximum absolute atomic E-state index is 12.3. The average Bonchev–Trinajstić information content (AvgIpc) is 3.20. The Kier molecular flexibility index (Phi) is 39.8. The molecule has 0 heterocycles. The number of phosphoric acid groups is 1. The van der Waals surface area contributed by atoms with Crippen LogP contribution in [0.15, 0.2) is 36.5 Å². The number of aliphatic carboxylic acids is 1. The van der Waals surface area contributed by atoms with Crippen molar-refractivity contribution in [2.45, 2.75) is 219 Å². The van der Waals surface area contributed by atoms with E-state index in [0.717, 1.165) is 64.2 Å². The molecule has 0 aliphatic rings. The first-order chi connectivity index (χ1) is 28.1. The number of hydrogen-bond acceptors (Lipinski definition) is 8. The second-order valence-corrected chi connectivity index (χ2v) is 17.0. The number of aliphatic hydroxyl groups excluding tert-OH is 1. The van der Waals surface area contributed by atoms with E-state index < -0.39 is 57.6 Å². The van der Waals surface area contributed by atoms with E-state index in [9.17, 15) is 34.1 Å². The van der Waals surface area contributed by atoms with Crippen LogP contribution in [0.4, 0.5) is 0 Å². The van der Waals surface area contributed by atoms with Crippen molar-refractivity contribution >= 4 is 25.7 Å². The summed E-state index contributed by atoms with van der Waals surface area (Å²) in [7, 11) is -4.75. The van der Waals surface area contributed by atoms with Crippen LogP contribution in [-0.2, 0) is 32.7 Å². The summed E-state index contributed by atoms with van der Waals surface area (Å²) in [6.45, 7) is 2.52. The molecule has 0 saturated carbocycles. The molecule has 0 aliphatic carbocycles. The fraction of sp³-hybridized carbons (Fsp3) is 0.804. The van der Waals surface area contributed by atoms with Gasteiger partial charge in [-0.1, -0.05) is 166 Å². The summed E-state index contributed by atoms with van der Waals surface area (Å²) in [5.41, 5.74) is 0. The first-order valence-corrected chi connectivity index (χ1v) is 24.5. The molecule has 3 unspecified atom stereocenters. The van der Waals surface area contributed by atoms with Gasteiger partial charge in [0.05, 0.1) is 13.2 Å². The standard InChI is InChI=1S/C46H84NO10P/c1-3-5-7-9-11-13-15-16-17-18-19-20-21-22-23-24-25-26-28-30-32-34-36-38-45(50)55-39-42(48)40-56-58(53,54)57-41-43(46(51)52)47-44(49)37-35-33-31-29-27-14-12-10-8-6-4-2/h10-13,16-17,42-43,48H,3-9,14-15,18-41H2,1-2H3,(H,47,49)(H,51,52)(H,53,54)/b12-10-,13-11-,17-16-. The van der Waals surface area contributed by atoms with Crippen LogP contribution in [0.3, 0.4) is 0 Å². The van der Waals surface area contributed by atoms with Crippen LogP contribution in [0.2, 0.25) is 0 Å². The topological polar surface area (TPSA) is 169 Å². The molecule has 58 heavy (non-hydrogen) atoms. The zero-order valence-electron chi connectivity index (χ0n) is 36.6. The third-order valence-electron chi connectivity index (χ3n) is 9.90. The van der Waals surface area contributed by atoms with Crippen LogP contribution in [0.5, 0.6) is 0 Å². The van der Waals surface area contributed by atoms with Gasteiger partial charge in [-0.3, -0.25) is 18.6 Å². The van der Waals surface area contributed by atoms with E-state index in [0.29, 0.717) is 12.8 Å². The average molecular weight is 842 g/mol. The Balaban J connectivity index is 3.80. The Bertz CT molecular complexity index is 1130. The van der Waals surface area contributed by atoms with E-state index >= 15 is 0 Å². The lowest BCUT2D eigenvalue weighted by molar-refractivity contribution is -0.147. The number of carbonyl (C=O) groups excluding carboxylic acids is 2. The van der Waals surface area contributed by atoms with E-state index in [1.54, 1.807) is 0 Å². The predicted molar refractivity (Wildman–Crippen MR) is 236 cm³/mol. The van der Waals surface area contributed by atoms with Crippen molar-refractivity contribution in [3.05, 3.63) is 36.5 Å². The van der Waals surface area contributed by atoms with Gasteiger partial charge in [0.1, 0.15) is 12.7 Å². The number of allylic oxidation sites excluding steroid dienone is 6. The van der Waals surface area contributed by atoms with Crippen LogP contribution in [0.25, 0.3) is 0 Å². The molecule has 1 amide bonds. The molecule has 0 bridgehead atoms. The Hall–Kier alpha value is -2.30. The molecule has 338 valence electrons. The maximum atomic E-state index is 12.3. The number of carbonyl (C=O) groups is 3. The lowest BCUT2D eigenvalue weighted by atomic mass is 10.0. The van der Waals surface area contributed by atoms with Crippen molar-refractivity contribution in [2.75, 3.05) is 19.8 Å². The second kappa shape index (κ2) is 41.4. The Morgan fingerprint density at radius 3 is 1.47 bits per heavy atom. The minimum absolute atomic E-state index is 0.135. The molecule has 0 saturated heterocycles. The number of rotatable bonds is 43. The zero-order valence-corrected chi connectivity index (χ0v) is 37.5. The molecule has 3 atom stereocenters. The minimum atomic E-state index is -4.75. The van der Waals surface area contributed by atoms with E-state index in [2.05, 4.69) is 55.6 Å². The maximum Gasteiger partial charge on any atom is 0.472 e. The SMILES string of the molecule is CCCC/C=C\CCCCCCCC(=O)NC(COP(=O)(O)OCC(O)COC(=O)CCCCCCCCCCCCCCC/C=C\C/C=C\CCCCC)C(=O)O. The molecule has 0 rings (SSSR count). The Labute approximate surface area is 352 Å². The van der Waals surface area contributed by atoms with Gasteiger partial charge in [0.15, 0.2) is 6.04 Å². The van der Waals surface area contributed by atoms with Gasteiger partial charge in [0.25, 0.3) is 0 Å². The fourth-order valence-electron chi connectivity index (χ4n) is 6.27. The van der Waals surface area contributed by atoms with Crippen molar-refractivity contribution < 1.29 is 47.8 Å². The fourth-order valence-corrected chi connectivity index (χ4v) is 7.04. The highest BCUT2D eigenvalue weighted by Gasteiger charge is 2.28. The first-order valence-electron chi connectivity index (χ1n) is 23.0. The number of phosphoric ester groups is 1. The number of nitrogens with one attached hydrogen (secondary N) is 1. The molecule has 0 radical (unpaired) electrons. The molecule has 0 fully saturated rings.